The number of anilines is 1. The van der Waals surface area contributed by atoms with E-state index in [0.717, 1.165) is 5.56 Å². The third-order valence-electron chi connectivity index (χ3n) is 3.14. The lowest BCUT2D eigenvalue weighted by Crippen LogP contribution is -2.13. The molecule has 2 aromatic heterocycles. The van der Waals surface area contributed by atoms with Crippen LogP contribution >= 0.6 is 46.3 Å². The lowest BCUT2D eigenvalue weighted by Gasteiger charge is -2.05. The number of thioether (sulfide) groups is 1. The van der Waals surface area contributed by atoms with E-state index in [0.29, 0.717) is 31.5 Å². The van der Waals surface area contributed by atoms with E-state index in [1.165, 1.54) is 23.1 Å². The van der Waals surface area contributed by atoms with Gasteiger partial charge in [0.25, 0.3) is 5.91 Å². The summed E-state index contributed by atoms with van der Waals surface area (Å²) in [6.07, 6.45) is 3.54. The maximum atomic E-state index is 12.4. The number of amides is 1. The van der Waals surface area contributed by atoms with Gasteiger partial charge >= 0.3 is 0 Å². The van der Waals surface area contributed by atoms with E-state index in [4.69, 9.17) is 23.2 Å². The second kappa shape index (κ2) is 7.53. The van der Waals surface area contributed by atoms with Crippen molar-refractivity contribution in [2.45, 2.75) is 5.03 Å². The van der Waals surface area contributed by atoms with E-state index in [9.17, 15) is 4.79 Å². The van der Waals surface area contributed by atoms with E-state index >= 15 is 0 Å². The van der Waals surface area contributed by atoms with Crippen LogP contribution in [0.4, 0.5) is 5.13 Å². The number of pyridine rings is 1. The van der Waals surface area contributed by atoms with E-state index in [-0.39, 0.29) is 5.91 Å². The molecule has 1 amide bonds. The Kier molecular flexibility index (Phi) is 5.40. The number of hydrogen-bond donors (Lipinski definition) is 1. The quantitative estimate of drug-likeness (QED) is 0.593. The standard InChI is InChI=1S/C16H11Cl2N3OS2/c1-23-15-11(3-2-6-19-15)14(22)21-16-20-13(8-24-16)10-5-4-9(17)7-12(10)18/h2-8H,1H3,(H,20,21,22). The molecule has 0 saturated carbocycles. The van der Waals surface area contributed by atoms with Crippen LogP contribution in [-0.4, -0.2) is 22.1 Å². The van der Waals surface area contributed by atoms with Crippen LogP contribution in [0, 0.1) is 0 Å². The van der Waals surface area contributed by atoms with E-state index in [1.54, 1.807) is 36.5 Å². The minimum Gasteiger partial charge on any atom is -0.298 e. The lowest BCUT2D eigenvalue weighted by atomic mass is 10.2. The number of rotatable bonds is 4. The molecule has 0 spiro atoms. The van der Waals surface area contributed by atoms with E-state index < -0.39 is 0 Å². The molecule has 3 aromatic rings. The summed E-state index contributed by atoms with van der Waals surface area (Å²) in [5, 5.41) is 6.89. The molecular formula is C16H11Cl2N3OS2. The van der Waals surface area contributed by atoms with Gasteiger partial charge in [0.05, 0.1) is 16.3 Å². The molecule has 0 aliphatic rings. The number of nitrogens with zero attached hydrogens (tertiary/aromatic N) is 2. The zero-order valence-electron chi connectivity index (χ0n) is 12.4. The van der Waals surface area contributed by atoms with Crippen LogP contribution in [0.2, 0.25) is 10.0 Å². The Bertz CT molecular complexity index is 899. The lowest BCUT2D eigenvalue weighted by molar-refractivity contribution is 0.102. The van der Waals surface area contributed by atoms with Crippen molar-refractivity contribution in [3.63, 3.8) is 0 Å². The molecule has 1 N–H and O–H groups in total. The molecule has 0 aliphatic heterocycles. The molecule has 0 fully saturated rings. The number of carbonyl (C=O) groups is 1. The molecule has 1 aromatic carbocycles. The highest BCUT2D eigenvalue weighted by Gasteiger charge is 2.15. The molecule has 0 atom stereocenters. The molecule has 0 radical (unpaired) electrons. The first-order valence-electron chi connectivity index (χ1n) is 6.80. The zero-order chi connectivity index (χ0) is 17.1. The molecule has 3 rings (SSSR count). The van der Waals surface area contributed by atoms with Crippen LogP contribution in [0.5, 0.6) is 0 Å². The molecule has 0 saturated heterocycles. The minimum atomic E-state index is -0.240. The summed E-state index contributed by atoms with van der Waals surface area (Å²) in [6, 6.07) is 8.68. The largest absolute Gasteiger partial charge is 0.298 e. The molecule has 2 heterocycles. The van der Waals surface area contributed by atoms with Gasteiger partial charge in [0.15, 0.2) is 5.13 Å². The fraction of sp³-hybridized carbons (Fsp3) is 0.0625. The van der Waals surface area contributed by atoms with Gasteiger partial charge in [-0.2, -0.15) is 0 Å². The van der Waals surface area contributed by atoms with Crippen LogP contribution in [0.1, 0.15) is 10.4 Å². The molecule has 0 aliphatic carbocycles. The maximum Gasteiger partial charge on any atom is 0.260 e. The summed E-state index contributed by atoms with van der Waals surface area (Å²) in [4.78, 5) is 21.0. The summed E-state index contributed by atoms with van der Waals surface area (Å²) in [5.74, 6) is -0.240. The molecule has 122 valence electrons. The summed E-state index contributed by atoms with van der Waals surface area (Å²) in [7, 11) is 0. The predicted octanol–water partition coefficient (Wildman–Crippen LogP) is 5.49. The van der Waals surface area contributed by atoms with Crippen molar-refractivity contribution in [3.05, 3.63) is 57.5 Å². The maximum absolute atomic E-state index is 12.4. The minimum absolute atomic E-state index is 0.240. The molecule has 8 heteroatoms. The number of aromatic nitrogens is 2. The second-order valence-electron chi connectivity index (χ2n) is 4.68. The first-order chi connectivity index (χ1) is 11.6. The van der Waals surface area contributed by atoms with Gasteiger partial charge in [0.2, 0.25) is 0 Å². The molecule has 0 unspecified atom stereocenters. The summed E-state index contributed by atoms with van der Waals surface area (Å²) in [6.45, 7) is 0. The second-order valence-corrected chi connectivity index (χ2v) is 7.17. The molecule has 0 bridgehead atoms. The number of benzene rings is 1. The highest BCUT2D eigenvalue weighted by Crippen LogP contribution is 2.32. The number of carbonyl (C=O) groups excluding carboxylic acids is 1. The van der Waals surface area contributed by atoms with Crippen LogP contribution in [0.25, 0.3) is 11.3 Å². The van der Waals surface area contributed by atoms with Crippen LogP contribution in [0.15, 0.2) is 46.9 Å². The van der Waals surface area contributed by atoms with Crippen molar-refractivity contribution in [1.82, 2.24) is 9.97 Å². The number of halogens is 2. The number of hydrogen-bond acceptors (Lipinski definition) is 5. The van der Waals surface area contributed by atoms with Crippen LogP contribution in [0.3, 0.4) is 0 Å². The summed E-state index contributed by atoms with van der Waals surface area (Å²) in [5.41, 5.74) is 1.98. The Morgan fingerprint density at radius 1 is 1.29 bits per heavy atom. The highest BCUT2D eigenvalue weighted by molar-refractivity contribution is 7.98. The predicted molar refractivity (Wildman–Crippen MR) is 102 cm³/mol. The van der Waals surface area contributed by atoms with Gasteiger partial charge in [-0.15, -0.1) is 23.1 Å². The SMILES string of the molecule is CSc1ncccc1C(=O)Nc1nc(-c2ccc(Cl)cc2Cl)cs1. The Balaban J connectivity index is 1.82. The smallest absolute Gasteiger partial charge is 0.260 e. The normalized spacial score (nSPS) is 10.6. The third kappa shape index (κ3) is 3.72. The Hall–Kier alpha value is -1.60. The molecule has 24 heavy (non-hydrogen) atoms. The fourth-order valence-corrected chi connectivity index (χ4v) is 3.80. The Morgan fingerprint density at radius 3 is 2.88 bits per heavy atom. The van der Waals surface area contributed by atoms with Crippen molar-refractivity contribution in [2.24, 2.45) is 0 Å². The topological polar surface area (TPSA) is 54.9 Å². The van der Waals surface area contributed by atoms with Crippen LogP contribution < -0.4 is 5.32 Å². The molecule has 4 nitrogen and oxygen atoms in total. The zero-order valence-corrected chi connectivity index (χ0v) is 15.6. The summed E-state index contributed by atoms with van der Waals surface area (Å²) < 4.78 is 0. The molecular weight excluding hydrogens is 385 g/mol. The van der Waals surface area contributed by atoms with Gasteiger partial charge in [0.1, 0.15) is 5.03 Å². The third-order valence-corrected chi connectivity index (χ3v) is 5.16. The highest BCUT2D eigenvalue weighted by atomic mass is 35.5. The van der Waals surface area contributed by atoms with Crippen molar-refractivity contribution in [2.75, 3.05) is 11.6 Å². The Labute approximate surface area is 157 Å². The van der Waals surface area contributed by atoms with Crippen molar-refractivity contribution < 1.29 is 4.79 Å². The average Bonchev–Trinajstić information content (AvgIpc) is 3.02. The van der Waals surface area contributed by atoms with Gasteiger partial charge < -0.3 is 0 Å². The average molecular weight is 396 g/mol. The van der Waals surface area contributed by atoms with Crippen LogP contribution in [-0.2, 0) is 0 Å². The van der Waals surface area contributed by atoms with Crippen molar-refractivity contribution >= 4 is 57.3 Å². The first kappa shape index (κ1) is 17.2. The monoisotopic (exact) mass is 395 g/mol. The van der Waals surface area contributed by atoms with Gasteiger partial charge in [-0.3, -0.25) is 10.1 Å². The van der Waals surface area contributed by atoms with Gasteiger partial charge in [-0.25, -0.2) is 9.97 Å². The first-order valence-corrected chi connectivity index (χ1v) is 9.66. The number of nitrogens with one attached hydrogen (secondary N) is 1. The fourth-order valence-electron chi connectivity index (χ4n) is 2.04. The van der Waals surface area contributed by atoms with Gasteiger partial charge in [0, 0.05) is 22.2 Å². The van der Waals surface area contributed by atoms with E-state index in [2.05, 4.69) is 15.3 Å². The van der Waals surface area contributed by atoms with Crippen molar-refractivity contribution in [3.8, 4) is 11.3 Å². The number of thiazole rings is 1. The van der Waals surface area contributed by atoms with E-state index in [1.807, 2.05) is 11.6 Å². The van der Waals surface area contributed by atoms with Gasteiger partial charge in [-0.1, -0.05) is 23.2 Å². The van der Waals surface area contributed by atoms with Gasteiger partial charge in [-0.05, 0) is 36.6 Å². The van der Waals surface area contributed by atoms with Crippen molar-refractivity contribution in [1.29, 1.82) is 0 Å². The summed E-state index contributed by atoms with van der Waals surface area (Å²) >= 11 is 14.9. The Morgan fingerprint density at radius 2 is 2.12 bits per heavy atom.